The van der Waals surface area contributed by atoms with Crippen LogP contribution in [-0.4, -0.2) is 21.9 Å². The summed E-state index contributed by atoms with van der Waals surface area (Å²) < 4.78 is 0. The van der Waals surface area contributed by atoms with Crippen molar-refractivity contribution in [3.63, 3.8) is 0 Å². The van der Waals surface area contributed by atoms with Crippen molar-refractivity contribution in [3.05, 3.63) is 42.7 Å². The Labute approximate surface area is 130 Å². The van der Waals surface area contributed by atoms with Gasteiger partial charge >= 0.3 is 0 Å². The third-order valence-electron chi connectivity index (χ3n) is 2.79. The van der Waals surface area contributed by atoms with Gasteiger partial charge in [-0.25, -0.2) is 9.97 Å². The molecule has 0 fully saturated rings. The van der Waals surface area contributed by atoms with Crippen molar-refractivity contribution in [1.29, 1.82) is 0 Å². The normalized spacial score (nSPS) is 11.3. The molecule has 5 nitrogen and oxygen atoms in total. The Morgan fingerprint density at radius 2 is 1.86 bits per heavy atom. The molecule has 6 heteroatoms. The second kappa shape index (κ2) is 8.34. The molecule has 0 saturated heterocycles. The number of amides is 1. The summed E-state index contributed by atoms with van der Waals surface area (Å²) in [6.45, 7) is 1.88. The van der Waals surface area contributed by atoms with Gasteiger partial charge in [0.2, 0.25) is 5.91 Å². The zero-order valence-electron chi connectivity index (χ0n) is 11.8. The average molecular weight is 307 g/mol. The van der Waals surface area contributed by atoms with Crippen LogP contribution < -0.4 is 11.1 Å². The van der Waals surface area contributed by atoms with Crippen LogP contribution in [-0.2, 0) is 4.79 Å². The molecule has 0 spiro atoms. The number of nitrogens with two attached hydrogens (primary N) is 1. The number of carbonyl (C=O) groups excluding carboxylic acids is 1. The minimum atomic E-state index is -0.0710. The predicted octanol–water partition coefficient (Wildman–Crippen LogP) is 2.63. The van der Waals surface area contributed by atoms with Gasteiger partial charge in [0.25, 0.3) is 0 Å². The van der Waals surface area contributed by atoms with Crippen molar-refractivity contribution in [2.75, 3.05) is 5.32 Å². The van der Waals surface area contributed by atoms with Crippen LogP contribution in [0.25, 0.3) is 11.4 Å². The molecule has 0 aliphatic heterocycles. The zero-order chi connectivity index (χ0) is 14.4. The average Bonchev–Trinajstić information content (AvgIpc) is 2.47. The molecular formula is C15H19ClN4O. The minimum absolute atomic E-state index is 0. The summed E-state index contributed by atoms with van der Waals surface area (Å²) in [4.78, 5) is 20.1. The lowest BCUT2D eigenvalue weighted by Gasteiger charge is -2.07. The number of hydrogen-bond donors (Lipinski definition) is 2. The number of nitrogens with one attached hydrogen (secondary N) is 1. The topological polar surface area (TPSA) is 80.9 Å². The molecule has 112 valence electrons. The Kier molecular flexibility index (Phi) is 6.78. The smallest absolute Gasteiger partial charge is 0.224 e. The number of nitrogens with zero attached hydrogens (tertiary/aromatic N) is 2. The lowest BCUT2D eigenvalue weighted by atomic mass is 10.2. The number of anilines is 1. The summed E-state index contributed by atoms with van der Waals surface area (Å²) >= 11 is 0. The van der Waals surface area contributed by atoms with Gasteiger partial charge in [0.15, 0.2) is 5.82 Å². The zero-order valence-corrected chi connectivity index (χ0v) is 12.6. The van der Waals surface area contributed by atoms with Crippen molar-refractivity contribution >= 4 is 24.0 Å². The van der Waals surface area contributed by atoms with Crippen LogP contribution in [0.3, 0.4) is 0 Å². The van der Waals surface area contributed by atoms with E-state index >= 15 is 0 Å². The Hall–Kier alpha value is -1.98. The third kappa shape index (κ3) is 5.49. The first-order valence-electron chi connectivity index (χ1n) is 6.58. The molecule has 0 aliphatic rings. The Morgan fingerprint density at radius 3 is 2.43 bits per heavy atom. The van der Waals surface area contributed by atoms with E-state index in [4.69, 9.17) is 5.73 Å². The standard InChI is InChI=1S/C15H18N4O.ClH/c1-11(16)7-8-14(20)19-13-9-17-15(18-10-13)12-5-3-2-4-6-12;/h2-6,9-11H,7-8,16H2,1H3,(H,19,20);1H. The number of carbonyl (C=O) groups is 1. The number of halogens is 1. The quantitative estimate of drug-likeness (QED) is 0.890. The maximum atomic E-state index is 11.6. The van der Waals surface area contributed by atoms with Gasteiger partial charge in [-0.15, -0.1) is 12.4 Å². The second-order valence-electron chi connectivity index (χ2n) is 4.73. The van der Waals surface area contributed by atoms with E-state index in [0.29, 0.717) is 24.4 Å². The van der Waals surface area contributed by atoms with Gasteiger partial charge in [-0.05, 0) is 13.3 Å². The fraction of sp³-hybridized carbons (Fsp3) is 0.267. The first kappa shape index (κ1) is 17.1. The molecule has 1 aromatic heterocycles. The first-order valence-corrected chi connectivity index (χ1v) is 6.58. The fourth-order valence-corrected chi connectivity index (χ4v) is 1.71. The molecule has 3 N–H and O–H groups in total. The summed E-state index contributed by atoms with van der Waals surface area (Å²) in [6, 6.07) is 9.71. The predicted molar refractivity (Wildman–Crippen MR) is 86.2 cm³/mol. The highest BCUT2D eigenvalue weighted by atomic mass is 35.5. The van der Waals surface area contributed by atoms with Crippen molar-refractivity contribution in [2.45, 2.75) is 25.8 Å². The fourth-order valence-electron chi connectivity index (χ4n) is 1.71. The number of aromatic nitrogens is 2. The van der Waals surface area contributed by atoms with E-state index in [1.807, 2.05) is 37.3 Å². The summed E-state index contributed by atoms with van der Waals surface area (Å²) in [5, 5.41) is 2.76. The molecule has 1 amide bonds. The molecule has 1 heterocycles. The van der Waals surface area contributed by atoms with Gasteiger partial charge in [-0.2, -0.15) is 0 Å². The van der Waals surface area contributed by atoms with Crippen LogP contribution in [0.2, 0.25) is 0 Å². The molecule has 1 aromatic carbocycles. The van der Waals surface area contributed by atoms with Crippen molar-refractivity contribution in [3.8, 4) is 11.4 Å². The largest absolute Gasteiger partial charge is 0.328 e. The highest BCUT2D eigenvalue weighted by Gasteiger charge is 2.05. The molecule has 1 unspecified atom stereocenters. The molecule has 0 radical (unpaired) electrons. The van der Waals surface area contributed by atoms with E-state index < -0.39 is 0 Å². The molecule has 2 aromatic rings. The Balaban J connectivity index is 0.00000220. The molecule has 0 saturated carbocycles. The first-order chi connectivity index (χ1) is 9.65. The van der Waals surface area contributed by atoms with Crippen LogP contribution >= 0.6 is 12.4 Å². The number of benzene rings is 1. The highest BCUT2D eigenvalue weighted by Crippen LogP contribution is 2.14. The summed E-state index contributed by atoms with van der Waals surface area (Å²) in [5.41, 5.74) is 7.16. The van der Waals surface area contributed by atoms with Gasteiger partial charge < -0.3 is 11.1 Å². The van der Waals surface area contributed by atoms with E-state index in [2.05, 4.69) is 15.3 Å². The van der Waals surface area contributed by atoms with Crippen molar-refractivity contribution in [1.82, 2.24) is 9.97 Å². The molecule has 0 bridgehead atoms. The SMILES string of the molecule is CC(N)CCC(=O)Nc1cnc(-c2ccccc2)nc1.Cl. The van der Waals surface area contributed by atoms with E-state index in [-0.39, 0.29) is 24.4 Å². The number of rotatable bonds is 5. The minimum Gasteiger partial charge on any atom is -0.328 e. The van der Waals surface area contributed by atoms with Crippen molar-refractivity contribution < 1.29 is 4.79 Å². The third-order valence-corrected chi connectivity index (χ3v) is 2.79. The van der Waals surface area contributed by atoms with Crippen LogP contribution in [0, 0.1) is 0 Å². The van der Waals surface area contributed by atoms with Crippen LogP contribution in [0.1, 0.15) is 19.8 Å². The molecule has 21 heavy (non-hydrogen) atoms. The van der Waals surface area contributed by atoms with E-state index in [1.165, 1.54) is 0 Å². The van der Waals surface area contributed by atoms with Crippen LogP contribution in [0.4, 0.5) is 5.69 Å². The van der Waals surface area contributed by atoms with Gasteiger partial charge in [-0.3, -0.25) is 4.79 Å². The molecule has 2 rings (SSSR count). The van der Waals surface area contributed by atoms with Crippen LogP contribution in [0.15, 0.2) is 42.7 Å². The lowest BCUT2D eigenvalue weighted by molar-refractivity contribution is -0.116. The highest BCUT2D eigenvalue weighted by molar-refractivity contribution is 5.90. The van der Waals surface area contributed by atoms with Crippen LogP contribution in [0.5, 0.6) is 0 Å². The Bertz CT molecular complexity index is 558. The molecular weight excluding hydrogens is 288 g/mol. The van der Waals surface area contributed by atoms with E-state index in [0.717, 1.165) is 5.56 Å². The monoisotopic (exact) mass is 306 g/mol. The summed E-state index contributed by atoms with van der Waals surface area (Å²) in [6.07, 6.45) is 4.28. The second-order valence-corrected chi connectivity index (χ2v) is 4.73. The van der Waals surface area contributed by atoms with E-state index in [9.17, 15) is 4.79 Å². The Morgan fingerprint density at radius 1 is 1.24 bits per heavy atom. The van der Waals surface area contributed by atoms with Gasteiger partial charge in [-0.1, -0.05) is 30.3 Å². The summed E-state index contributed by atoms with van der Waals surface area (Å²) in [5.74, 6) is 0.567. The van der Waals surface area contributed by atoms with E-state index in [1.54, 1.807) is 12.4 Å². The molecule has 1 atom stereocenters. The maximum Gasteiger partial charge on any atom is 0.224 e. The van der Waals surface area contributed by atoms with Gasteiger partial charge in [0.1, 0.15) is 0 Å². The van der Waals surface area contributed by atoms with Crippen molar-refractivity contribution in [2.24, 2.45) is 5.73 Å². The van der Waals surface area contributed by atoms with Gasteiger partial charge in [0.05, 0.1) is 18.1 Å². The molecule has 0 aliphatic carbocycles. The van der Waals surface area contributed by atoms with Gasteiger partial charge in [0, 0.05) is 18.0 Å². The summed E-state index contributed by atoms with van der Waals surface area (Å²) in [7, 11) is 0. The number of hydrogen-bond acceptors (Lipinski definition) is 4. The lowest BCUT2D eigenvalue weighted by Crippen LogP contribution is -2.19. The maximum absolute atomic E-state index is 11.6.